The van der Waals surface area contributed by atoms with Crippen LogP contribution in [0.2, 0.25) is 0 Å². The molecule has 0 atom stereocenters. The first kappa shape index (κ1) is 13.7. The molecule has 0 radical (unpaired) electrons. The number of carbonyl (C=O) groups is 1. The third-order valence-electron chi connectivity index (χ3n) is 3.41. The van der Waals surface area contributed by atoms with E-state index in [9.17, 15) is 4.79 Å². The third kappa shape index (κ3) is 3.88. The molecule has 0 aromatic heterocycles. The number of benzene rings is 1. The Hall–Kier alpha value is -1.71. The van der Waals surface area contributed by atoms with Crippen LogP contribution in [0.1, 0.15) is 25.3 Å². The normalized spacial score (nSPS) is 13.2. The van der Waals surface area contributed by atoms with Gasteiger partial charge in [0.05, 0.1) is 0 Å². The molecule has 1 aliphatic heterocycles. The lowest BCUT2D eigenvalue weighted by Gasteiger charge is -2.19. The first-order chi connectivity index (χ1) is 9.31. The summed E-state index contributed by atoms with van der Waals surface area (Å²) in [5.41, 5.74) is 2.80. The molecule has 4 heteroatoms. The summed E-state index contributed by atoms with van der Waals surface area (Å²) in [5, 5.41) is 5.70. The second kappa shape index (κ2) is 7.02. The Bertz CT molecular complexity index is 420. The van der Waals surface area contributed by atoms with Crippen LogP contribution in [0.5, 0.6) is 0 Å². The summed E-state index contributed by atoms with van der Waals surface area (Å²) >= 11 is 0. The molecular weight excluding hydrogens is 238 g/mol. The Labute approximate surface area is 115 Å². The molecule has 2 N–H and O–H groups in total. The van der Waals surface area contributed by atoms with Crippen LogP contribution in [0.4, 0.5) is 10.5 Å². The van der Waals surface area contributed by atoms with Crippen molar-refractivity contribution < 1.29 is 4.79 Å². The topological polar surface area (TPSA) is 44.4 Å². The summed E-state index contributed by atoms with van der Waals surface area (Å²) in [6, 6.07) is 8.52. The molecule has 1 heterocycles. The molecule has 0 saturated carbocycles. The number of amides is 2. The fraction of sp³-hybridized carbons (Fsp3) is 0.533. The van der Waals surface area contributed by atoms with Gasteiger partial charge in [-0.25, -0.2) is 4.79 Å². The maximum Gasteiger partial charge on any atom is 0.314 e. The molecule has 0 spiro atoms. The highest BCUT2D eigenvalue weighted by Crippen LogP contribution is 2.26. The number of rotatable bonds is 6. The summed E-state index contributed by atoms with van der Waals surface area (Å²) in [5.74, 6) is 0. The van der Waals surface area contributed by atoms with E-state index in [1.54, 1.807) is 0 Å². The SMILES string of the molecule is CCCNC(=O)NCCCN1CCc2ccccc21. The van der Waals surface area contributed by atoms with Gasteiger partial charge >= 0.3 is 6.03 Å². The van der Waals surface area contributed by atoms with Gasteiger partial charge in [0.25, 0.3) is 0 Å². The first-order valence-electron chi connectivity index (χ1n) is 7.16. The van der Waals surface area contributed by atoms with Gasteiger partial charge in [-0.1, -0.05) is 25.1 Å². The largest absolute Gasteiger partial charge is 0.371 e. The lowest BCUT2D eigenvalue weighted by Crippen LogP contribution is -2.37. The maximum atomic E-state index is 11.4. The van der Waals surface area contributed by atoms with Crippen molar-refractivity contribution in [1.29, 1.82) is 0 Å². The van der Waals surface area contributed by atoms with Gasteiger partial charge in [0, 0.05) is 31.9 Å². The predicted molar refractivity (Wildman–Crippen MR) is 78.7 cm³/mol. The molecule has 0 fully saturated rings. The molecule has 0 saturated heterocycles. The van der Waals surface area contributed by atoms with Gasteiger partial charge in [0.2, 0.25) is 0 Å². The van der Waals surface area contributed by atoms with Gasteiger partial charge in [-0.2, -0.15) is 0 Å². The predicted octanol–water partition coefficient (Wildman–Crippen LogP) is 2.15. The Morgan fingerprint density at radius 2 is 2.05 bits per heavy atom. The van der Waals surface area contributed by atoms with Crippen molar-refractivity contribution in [2.75, 3.05) is 31.1 Å². The summed E-state index contributed by atoms with van der Waals surface area (Å²) in [6.07, 6.45) is 3.09. The minimum atomic E-state index is -0.0522. The maximum absolute atomic E-state index is 11.4. The average molecular weight is 261 g/mol. The molecular formula is C15H23N3O. The third-order valence-corrected chi connectivity index (χ3v) is 3.41. The molecule has 19 heavy (non-hydrogen) atoms. The zero-order valence-electron chi connectivity index (χ0n) is 11.6. The van der Waals surface area contributed by atoms with E-state index in [0.717, 1.165) is 45.4 Å². The average Bonchev–Trinajstić information content (AvgIpc) is 2.85. The second-order valence-electron chi connectivity index (χ2n) is 4.90. The zero-order chi connectivity index (χ0) is 13.5. The number of hydrogen-bond donors (Lipinski definition) is 2. The molecule has 1 aromatic carbocycles. The summed E-state index contributed by atoms with van der Waals surface area (Å²) < 4.78 is 0. The van der Waals surface area contributed by atoms with Gasteiger partial charge in [-0.3, -0.25) is 0 Å². The van der Waals surface area contributed by atoms with E-state index < -0.39 is 0 Å². The molecule has 2 rings (SSSR count). The van der Waals surface area contributed by atoms with Gasteiger partial charge in [-0.15, -0.1) is 0 Å². The molecule has 1 aromatic rings. The lowest BCUT2D eigenvalue weighted by molar-refractivity contribution is 0.241. The van der Waals surface area contributed by atoms with Crippen molar-refractivity contribution in [3.05, 3.63) is 29.8 Å². The van der Waals surface area contributed by atoms with Crippen LogP contribution in [-0.4, -0.2) is 32.2 Å². The number of anilines is 1. The van der Waals surface area contributed by atoms with E-state index in [1.807, 2.05) is 6.92 Å². The highest BCUT2D eigenvalue weighted by molar-refractivity contribution is 5.73. The summed E-state index contributed by atoms with van der Waals surface area (Å²) in [7, 11) is 0. The quantitative estimate of drug-likeness (QED) is 0.771. The smallest absolute Gasteiger partial charge is 0.314 e. The number of fused-ring (bicyclic) bond motifs is 1. The Kier molecular flexibility index (Phi) is 5.07. The van der Waals surface area contributed by atoms with Crippen molar-refractivity contribution in [2.45, 2.75) is 26.2 Å². The van der Waals surface area contributed by atoms with Crippen LogP contribution in [0.3, 0.4) is 0 Å². The van der Waals surface area contributed by atoms with E-state index in [1.165, 1.54) is 11.3 Å². The van der Waals surface area contributed by atoms with Crippen molar-refractivity contribution in [3.63, 3.8) is 0 Å². The van der Waals surface area contributed by atoms with Crippen LogP contribution in [0, 0.1) is 0 Å². The fourth-order valence-corrected chi connectivity index (χ4v) is 2.41. The van der Waals surface area contributed by atoms with E-state index in [0.29, 0.717) is 0 Å². The number of nitrogens with zero attached hydrogens (tertiary/aromatic N) is 1. The zero-order valence-corrected chi connectivity index (χ0v) is 11.6. The number of nitrogens with one attached hydrogen (secondary N) is 2. The van der Waals surface area contributed by atoms with Crippen LogP contribution < -0.4 is 15.5 Å². The van der Waals surface area contributed by atoms with Crippen molar-refractivity contribution in [1.82, 2.24) is 10.6 Å². The highest BCUT2D eigenvalue weighted by atomic mass is 16.2. The van der Waals surface area contributed by atoms with Crippen LogP contribution in [-0.2, 0) is 6.42 Å². The van der Waals surface area contributed by atoms with Gasteiger partial charge < -0.3 is 15.5 Å². The summed E-state index contributed by atoms with van der Waals surface area (Å²) in [6.45, 7) is 5.62. The molecule has 0 aliphatic carbocycles. The second-order valence-corrected chi connectivity index (χ2v) is 4.90. The van der Waals surface area contributed by atoms with Crippen molar-refractivity contribution >= 4 is 11.7 Å². The van der Waals surface area contributed by atoms with Gasteiger partial charge in [-0.05, 0) is 30.9 Å². The fourth-order valence-electron chi connectivity index (χ4n) is 2.41. The van der Waals surface area contributed by atoms with E-state index in [-0.39, 0.29) is 6.03 Å². The molecule has 2 amide bonds. The van der Waals surface area contributed by atoms with Crippen LogP contribution in [0.15, 0.2) is 24.3 Å². The number of para-hydroxylation sites is 1. The van der Waals surface area contributed by atoms with Gasteiger partial charge in [0.1, 0.15) is 0 Å². The number of hydrogen-bond acceptors (Lipinski definition) is 2. The van der Waals surface area contributed by atoms with Crippen LogP contribution in [0.25, 0.3) is 0 Å². The van der Waals surface area contributed by atoms with E-state index in [2.05, 4.69) is 39.8 Å². The molecule has 104 valence electrons. The van der Waals surface area contributed by atoms with Crippen molar-refractivity contribution in [2.24, 2.45) is 0 Å². The molecule has 0 unspecified atom stereocenters. The lowest BCUT2D eigenvalue weighted by atomic mass is 10.2. The van der Waals surface area contributed by atoms with Crippen molar-refractivity contribution in [3.8, 4) is 0 Å². The molecule has 4 nitrogen and oxygen atoms in total. The minimum Gasteiger partial charge on any atom is -0.371 e. The number of urea groups is 1. The Morgan fingerprint density at radius 1 is 1.26 bits per heavy atom. The number of carbonyl (C=O) groups excluding carboxylic acids is 1. The standard InChI is InChI=1S/C15H23N3O/c1-2-9-16-15(19)17-10-5-11-18-12-8-13-6-3-4-7-14(13)18/h3-4,6-7H,2,5,8-12H2,1H3,(H2,16,17,19). The van der Waals surface area contributed by atoms with Crippen LogP contribution >= 0.6 is 0 Å². The minimum absolute atomic E-state index is 0.0522. The molecule has 1 aliphatic rings. The Morgan fingerprint density at radius 3 is 2.89 bits per heavy atom. The monoisotopic (exact) mass is 261 g/mol. The molecule has 0 bridgehead atoms. The van der Waals surface area contributed by atoms with E-state index in [4.69, 9.17) is 0 Å². The van der Waals surface area contributed by atoms with E-state index >= 15 is 0 Å². The first-order valence-corrected chi connectivity index (χ1v) is 7.16. The Balaban J connectivity index is 1.66. The highest BCUT2D eigenvalue weighted by Gasteiger charge is 2.17. The summed E-state index contributed by atoms with van der Waals surface area (Å²) in [4.78, 5) is 13.8. The van der Waals surface area contributed by atoms with Gasteiger partial charge in [0.15, 0.2) is 0 Å².